The highest BCUT2D eigenvalue weighted by Crippen LogP contribution is 2.33. The molecule has 1 aliphatic heterocycles. The Kier molecular flexibility index (Phi) is 4.71. The maximum atomic E-state index is 12.4. The number of hydrogen-bond donors (Lipinski definition) is 2. The molecule has 0 saturated carbocycles. The van der Waals surface area contributed by atoms with Crippen molar-refractivity contribution in [1.82, 2.24) is 5.32 Å². The third-order valence-corrected chi connectivity index (χ3v) is 4.03. The van der Waals surface area contributed by atoms with Crippen molar-refractivity contribution >= 4 is 5.91 Å². The zero-order valence-electron chi connectivity index (χ0n) is 13.7. The van der Waals surface area contributed by atoms with E-state index in [0.29, 0.717) is 18.0 Å². The molecular weight excluding hydrogens is 306 g/mol. The molecule has 0 unspecified atom stereocenters. The van der Waals surface area contributed by atoms with E-state index in [-0.39, 0.29) is 12.0 Å². The Morgan fingerprint density at radius 3 is 2.38 bits per heavy atom. The minimum atomic E-state index is -0.684. The van der Waals surface area contributed by atoms with Gasteiger partial charge >= 0.3 is 0 Å². The third kappa shape index (κ3) is 3.51. The highest BCUT2D eigenvalue weighted by molar-refractivity contribution is 5.82. The molecule has 0 aliphatic carbocycles. The lowest BCUT2D eigenvalue weighted by atomic mass is 10.1. The minimum absolute atomic E-state index is 0.211. The van der Waals surface area contributed by atoms with E-state index in [2.05, 4.69) is 5.32 Å². The molecule has 126 valence electrons. The lowest BCUT2D eigenvalue weighted by molar-refractivity contribution is -0.133. The molecular formula is C19H21NO4. The van der Waals surface area contributed by atoms with Crippen molar-refractivity contribution in [2.24, 2.45) is 0 Å². The first-order chi connectivity index (χ1) is 11.5. The van der Waals surface area contributed by atoms with Crippen LogP contribution in [0.3, 0.4) is 0 Å². The summed E-state index contributed by atoms with van der Waals surface area (Å²) < 4.78 is 11.5. The molecule has 1 heterocycles. The quantitative estimate of drug-likeness (QED) is 0.906. The largest absolute Gasteiger partial charge is 0.482 e. The SMILES string of the molecule is C[C@H](O)c1ccc(CNC(=O)[C@H]2Oc3ccccc3O[C@@H]2C)cc1. The van der Waals surface area contributed by atoms with Crippen molar-refractivity contribution in [2.45, 2.75) is 38.7 Å². The van der Waals surface area contributed by atoms with Crippen molar-refractivity contribution in [3.05, 3.63) is 59.7 Å². The van der Waals surface area contributed by atoms with Crippen LogP contribution in [0.25, 0.3) is 0 Å². The molecule has 2 aromatic carbocycles. The van der Waals surface area contributed by atoms with Crippen LogP contribution < -0.4 is 14.8 Å². The van der Waals surface area contributed by atoms with Crippen molar-refractivity contribution in [2.75, 3.05) is 0 Å². The number of carbonyl (C=O) groups excluding carboxylic acids is 1. The summed E-state index contributed by atoms with van der Waals surface area (Å²) in [6.07, 6.45) is -1.54. The number of aliphatic hydroxyl groups is 1. The van der Waals surface area contributed by atoms with Gasteiger partial charge in [0.1, 0.15) is 6.10 Å². The lowest BCUT2D eigenvalue weighted by Gasteiger charge is -2.31. The molecule has 5 heteroatoms. The number of nitrogens with one attached hydrogen (secondary N) is 1. The number of benzene rings is 2. The van der Waals surface area contributed by atoms with Gasteiger partial charge in [0.05, 0.1) is 6.10 Å². The summed E-state index contributed by atoms with van der Waals surface area (Å²) in [6.45, 7) is 3.93. The van der Waals surface area contributed by atoms with Gasteiger partial charge in [-0.05, 0) is 37.1 Å². The van der Waals surface area contributed by atoms with Crippen LogP contribution in [0.4, 0.5) is 0 Å². The second kappa shape index (κ2) is 6.93. The van der Waals surface area contributed by atoms with Crippen LogP contribution >= 0.6 is 0 Å². The maximum Gasteiger partial charge on any atom is 0.265 e. The molecule has 0 bridgehead atoms. The molecule has 24 heavy (non-hydrogen) atoms. The fraction of sp³-hybridized carbons (Fsp3) is 0.316. The summed E-state index contributed by atoms with van der Waals surface area (Å²) in [5.41, 5.74) is 1.80. The lowest BCUT2D eigenvalue weighted by Crippen LogP contribution is -2.48. The average molecular weight is 327 g/mol. The van der Waals surface area contributed by atoms with Gasteiger partial charge in [0, 0.05) is 6.54 Å². The van der Waals surface area contributed by atoms with E-state index in [1.165, 1.54) is 0 Å². The number of para-hydroxylation sites is 2. The van der Waals surface area contributed by atoms with Gasteiger partial charge in [0.2, 0.25) is 6.10 Å². The number of hydrogen-bond acceptors (Lipinski definition) is 4. The number of ether oxygens (including phenoxy) is 2. The smallest absolute Gasteiger partial charge is 0.265 e. The van der Waals surface area contributed by atoms with Crippen LogP contribution in [0.2, 0.25) is 0 Å². The van der Waals surface area contributed by atoms with Crippen molar-refractivity contribution in [3.63, 3.8) is 0 Å². The van der Waals surface area contributed by atoms with Gasteiger partial charge in [0.25, 0.3) is 5.91 Å². The Bertz CT molecular complexity index is 712. The highest BCUT2D eigenvalue weighted by atomic mass is 16.6. The predicted octanol–water partition coefficient (Wildman–Crippen LogP) is 2.58. The van der Waals surface area contributed by atoms with Crippen LogP contribution in [-0.2, 0) is 11.3 Å². The maximum absolute atomic E-state index is 12.4. The van der Waals surface area contributed by atoms with Crippen LogP contribution in [0, 0.1) is 0 Å². The molecule has 0 spiro atoms. The van der Waals surface area contributed by atoms with Crippen LogP contribution in [0.1, 0.15) is 31.1 Å². The van der Waals surface area contributed by atoms with E-state index < -0.39 is 12.2 Å². The molecule has 2 N–H and O–H groups in total. The van der Waals surface area contributed by atoms with Gasteiger partial charge in [-0.15, -0.1) is 0 Å². The van der Waals surface area contributed by atoms with Gasteiger partial charge in [-0.3, -0.25) is 4.79 Å². The molecule has 1 aliphatic rings. The molecule has 3 atom stereocenters. The van der Waals surface area contributed by atoms with Crippen LogP contribution in [0.15, 0.2) is 48.5 Å². The van der Waals surface area contributed by atoms with Gasteiger partial charge in [-0.2, -0.15) is 0 Å². The second-order valence-electron chi connectivity index (χ2n) is 5.94. The minimum Gasteiger partial charge on any atom is -0.482 e. The molecule has 0 saturated heterocycles. The fourth-order valence-electron chi connectivity index (χ4n) is 2.61. The zero-order valence-corrected chi connectivity index (χ0v) is 13.7. The van der Waals surface area contributed by atoms with Crippen molar-refractivity contribution in [3.8, 4) is 11.5 Å². The number of rotatable bonds is 4. The average Bonchev–Trinajstić information content (AvgIpc) is 2.59. The summed E-state index contributed by atoms with van der Waals surface area (Å²) in [5.74, 6) is 1.02. The Labute approximate surface area is 141 Å². The molecule has 0 fully saturated rings. The standard InChI is InChI=1S/C19H21NO4/c1-12(21)15-9-7-14(8-10-15)11-20-19(22)18-13(2)23-16-5-3-4-6-17(16)24-18/h3-10,12-13,18,21H,11H2,1-2H3,(H,20,22)/t12-,13+,18-/m0/s1. The summed E-state index contributed by atoms with van der Waals surface area (Å²) in [4.78, 5) is 12.4. The van der Waals surface area contributed by atoms with Crippen LogP contribution in [0.5, 0.6) is 11.5 Å². The van der Waals surface area contributed by atoms with E-state index >= 15 is 0 Å². The monoisotopic (exact) mass is 327 g/mol. The Morgan fingerprint density at radius 2 is 1.75 bits per heavy atom. The third-order valence-electron chi connectivity index (χ3n) is 4.03. The summed E-state index contributed by atoms with van der Waals surface area (Å²) >= 11 is 0. The zero-order chi connectivity index (χ0) is 17.1. The number of fused-ring (bicyclic) bond motifs is 1. The first kappa shape index (κ1) is 16.3. The number of aliphatic hydroxyl groups excluding tert-OH is 1. The van der Waals surface area contributed by atoms with Gasteiger partial charge in [-0.25, -0.2) is 0 Å². The van der Waals surface area contributed by atoms with Crippen molar-refractivity contribution in [1.29, 1.82) is 0 Å². The Balaban J connectivity index is 1.61. The van der Waals surface area contributed by atoms with E-state index in [1.54, 1.807) is 13.0 Å². The first-order valence-corrected chi connectivity index (χ1v) is 8.01. The van der Waals surface area contributed by atoms with Gasteiger partial charge in [0.15, 0.2) is 11.5 Å². The van der Waals surface area contributed by atoms with E-state index in [1.807, 2.05) is 49.4 Å². The summed E-state index contributed by atoms with van der Waals surface area (Å²) in [6, 6.07) is 14.8. The molecule has 1 amide bonds. The molecule has 3 rings (SSSR count). The summed E-state index contributed by atoms with van der Waals surface area (Å²) in [5, 5.41) is 12.4. The molecule has 0 radical (unpaired) electrons. The molecule has 0 aromatic heterocycles. The predicted molar refractivity (Wildman–Crippen MR) is 89.9 cm³/mol. The summed E-state index contributed by atoms with van der Waals surface area (Å²) in [7, 11) is 0. The Morgan fingerprint density at radius 1 is 1.12 bits per heavy atom. The topological polar surface area (TPSA) is 67.8 Å². The number of amides is 1. The highest BCUT2D eigenvalue weighted by Gasteiger charge is 2.33. The van der Waals surface area contributed by atoms with Crippen molar-refractivity contribution < 1.29 is 19.4 Å². The normalized spacial score (nSPS) is 20.3. The van der Waals surface area contributed by atoms with Gasteiger partial charge in [-0.1, -0.05) is 36.4 Å². The first-order valence-electron chi connectivity index (χ1n) is 8.01. The molecule has 5 nitrogen and oxygen atoms in total. The van der Waals surface area contributed by atoms with E-state index in [0.717, 1.165) is 11.1 Å². The number of carbonyl (C=O) groups is 1. The fourth-order valence-corrected chi connectivity index (χ4v) is 2.61. The van der Waals surface area contributed by atoms with E-state index in [9.17, 15) is 9.90 Å². The van der Waals surface area contributed by atoms with Crippen LogP contribution in [-0.4, -0.2) is 23.2 Å². The Hall–Kier alpha value is -2.53. The second-order valence-corrected chi connectivity index (χ2v) is 5.94. The van der Waals surface area contributed by atoms with Gasteiger partial charge < -0.3 is 19.9 Å². The molecule has 2 aromatic rings. The van der Waals surface area contributed by atoms with E-state index in [4.69, 9.17) is 9.47 Å².